The van der Waals surface area contributed by atoms with Crippen LogP contribution in [0.2, 0.25) is 6.04 Å². The van der Waals surface area contributed by atoms with Crippen molar-refractivity contribution >= 4 is 16.1 Å². The molecule has 1 radical (unpaired) electrons. The molecule has 0 bridgehead atoms. The first kappa shape index (κ1) is 9.43. The number of hydrogen-bond donors (Lipinski definition) is 1. The fourth-order valence-corrected chi connectivity index (χ4v) is 0.728. The van der Waals surface area contributed by atoms with Crippen LogP contribution in [0.5, 0.6) is 0 Å². The van der Waals surface area contributed by atoms with Gasteiger partial charge >= 0.3 is 0 Å². The van der Waals surface area contributed by atoms with Crippen molar-refractivity contribution in [2.75, 3.05) is 6.54 Å². The van der Waals surface area contributed by atoms with Crippen LogP contribution in [0.3, 0.4) is 0 Å². The van der Waals surface area contributed by atoms with E-state index in [0.717, 1.165) is 19.0 Å². The van der Waals surface area contributed by atoms with Crippen LogP contribution in [0.4, 0.5) is 0 Å². The Morgan fingerprint density at radius 2 is 2.30 bits per heavy atom. The molecule has 0 saturated carbocycles. The molecule has 0 aromatic rings. The van der Waals surface area contributed by atoms with Crippen molar-refractivity contribution in [3.8, 4) is 0 Å². The molecule has 3 heteroatoms. The van der Waals surface area contributed by atoms with Gasteiger partial charge in [-0.2, -0.15) is 0 Å². The molecule has 0 fully saturated rings. The van der Waals surface area contributed by atoms with Crippen LogP contribution in [0, 0.1) is 0 Å². The van der Waals surface area contributed by atoms with Crippen molar-refractivity contribution in [3.05, 3.63) is 12.2 Å². The summed E-state index contributed by atoms with van der Waals surface area (Å²) in [6.07, 6.45) is 1.05. The lowest BCUT2D eigenvalue weighted by molar-refractivity contribution is -0.117. The molecule has 0 unspecified atom stereocenters. The van der Waals surface area contributed by atoms with Gasteiger partial charge in [0.25, 0.3) is 0 Å². The van der Waals surface area contributed by atoms with E-state index in [1.807, 2.05) is 10.2 Å². The van der Waals surface area contributed by atoms with Gasteiger partial charge in [-0.1, -0.05) is 12.6 Å². The molecule has 0 atom stereocenters. The van der Waals surface area contributed by atoms with Crippen LogP contribution in [-0.2, 0) is 4.79 Å². The van der Waals surface area contributed by atoms with Crippen LogP contribution in [0.15, 0.2) is 12.2 Å². The summed E-state index contributed by atoms with van der Waals surface area (Å²) in [6.45, 7) is 6.01. The molecule has 0 aromatic carbocycles. The third-order valence-electron chi connectivity index (χ3n) is 1.10. The Morgan fingerprint density at radius 3 is 2.70 bits per heavy atom. The third kappa shape index (κ3) is 4.32. The quantitative estimate of drug-likeness (QED) is 0.350. The van der Waals surface area contributed by atoms with Crippen LogP contribution in [0.1, 0.15) is 13.3 Å². The zero-order valence-corrected chi connectivity index (χ0v) is 7.86. The zero-order chi connectivity index (χ0) is 7.98. The highest BCUT2D eigenvalue weighted by molar-refractivity contribution is 6.08. The second-order valence-electron chi connectivity index (χ2n) is 2.24. The monoisotopic (exact) mass is 156 g/mol. The molecule has 10 heavy (non-hydrogen) atoms. The van der Waals surface area contributed by atoms with Gasteiger partial charge in [0.1, 0.15) is 0 Å². The Hall–Kier alpha value is -0.573. The predicted octanol–water partition coefficient (Wildman–Crippen LogP) is 0.120. The summed E-state index contributed by atoms with van der Waals surface area (Å²) in [5, 5.41) is 2.75. The molecule has 0 rings (SSSR count). The number of hydrogen-bond acceptors (Lipinski definition) is 1. The smallest absolute Gasteiger partial charge is 0.246 e. The van der Waals surface area contributed by atoms with Gasteiger partial charge in [-0.05, 0) is 13.3 Å². The lowest BCUT2D eigenvalue weighted by atomic mass is 10.3. The molecule has 2 nitrogen and oxygen atoms in total. The van der Waals surface area contributed by atoms with Gasteiger partial charge in [-0.25, -0.2) is 0 Å². The normalized spacial score (nSPS) is 9.00. The first-order valence-electron chi connectivity index (χ1n) is 3.41. The Labute approximate surface area is 65.1 Å². The third-order valence-corrected chi connectivity index (χ3v) is 1.60. The number of amides is 1. The Morgan fingerprint density at radius 1 is 1.70 bits per heavy atom. The lowest BCUT2D eigenvalue weighted by Gasteiger charge is -2.01. The van der Waals surface area contributed by atoms with Crippen LogP contribution >= 0.6 is 0 Å². The Kier molecular flexibility index (Phi) is 4.93. The summed E-state index contributed by atoms with van der Waals surface area (Å²) >= 11 is 0. The lowest BCUT2D eigenvalue weighted by Crippen LogP contribution is -2.24. The van der Waals surface area contributed by atoms with Gasteiger partial charge in [0.05, 0.1) is 0 Å². The van der Waals surface area contributed by atoms with Gasteiger partial charge in [-0.3, -0.25) is 4.79 Å². The summed E-state index contributed by atoms with van der Waals surface area (Å²) in [4.78, 5) is 10.8. The summed E-state index contributed by atoms with van der Waals surface area (Å²) in [5.41, 5.74) is 0.582. The highest BCUT2D eigenvalue weighted by Crippen LogP contribution is 1.86. The Bertz CT molecular complexity index is 134. The molecule has 0 heterocycles. The van der Waals surface area contributed by atoms with Crippen molar-refractivity contribution < 1.29 is 4.79 Å². The minimum absolute atomic E-state index is 0.0308. The SMILES string of the molecule is C=C(C)C(=O)NCCC[SiH2]. The highest BCUT2D eigenvalue weighted by Gasteiger charge is 1.97. The largest absolute Gasteiger partial charge is 0.352 e. The van der Waals surface area contributed by atoms with E-state index in [-0.39, 0.29) is 5.91 Å². The number of carbonyl (C=O) groups is 1. The van der Waals surface area contributed by atoms with E-state index in [9.17, 15) is 4.79 Å². The maximum Gasteiger partial charge on any atom is 0.246 e. The van der Waals surface area contributed by atoms with E-state index in [1.165, 1.54) is 0 Å². The van der Waals surface area contributed by atoms with E-state index in [2.05, 4.69) is 11.9 Å². The van der Waals surface area contributed by atoms with Crippen molar-refractivity contribution in [1.29, 1.82) is 0 Å². The first-order chi connectivity index (χ1) is 4.68. The van der Waals surface area contributed by atoms with E-state index in [0.29, 0.717) is 5.57 Å². The maximum atomic E-state index is 10.8. The van der Waals surface area contributed by atoms with E-state index in [4.69, 9.17) is 0 Å². The predicted molar refractivity (Wildman–Crippen MR) is 45.8 cm³/mol. The van der Waals surface area contributed by atoms with E-state index >= 15 is 0 Å². The molecule has 0 saturated heterocycles. The second-order valence-corrected chi connectivity index (χ2v) is 2.95. The van der Waals surface area contributed by atoms with E-state index < -0.39 is 0 Å². The molecule has 0 aliphatic rings. The topological polar surface area (TPSA) is 29.1 Å². The first-order valence-corrected chi connectivity index (χ1v) is 4.41. The second kappa shape index (κ2) is 5.23. The van der Waals surface area contributed by atoms with E-state index in [1.54, 1.807) is 6.92 Å². The van der Waals surface area contributed by atoms with Crippen molar-refractivity contribution in [2.24, 2.45) is 0 Å². The molecular weight excluding hydrogens is 142 g/mol. The van der Waals surface area contributed by atoms with Gasteiger partial charge in [-0.15, -0.1) is 0 Å². The summed E-state index contributed by atoms with van der Waals surface area (Å²) in [6, 6.07) is 1.14. The van der Waals surface area contributed by atoms with Gasteiger partial charge in [0, 0.05) is 22.4 Å². The summed E-state index contributed by atoms with van der Waals surface area (Å²) in [5.74, 6) is -0.0308. The number of rotatable bonds is 4. The molecule has 1 N–H and O–H groups in total. The molecule has 1 amide bonds. The molecule has 0 aliphatic heterocycles. The average molecular weight is 156 g/mol. The molecular formula is C7H14NOSi. The minimum Gasteiger partial charge on any atom is -0.352 e. The highest BCUT2D eigenvalue weighted by atomic mass is 28.1. The van der Waals surface area contributed by atoms with Crippen LogP contribution in [-0.4, -0.2) is 22.7 Å². The van der Waals surface area contributed by atoms with Crippen molar-refractivity contribution in [1.82, 2.24) is 5.32 Å². The van der Waals surface area contributed by atoms with Crippen molar-refractivity contribution in [3.63, 3.8) is 0 Å². The zero-order valence-electron chi connectivity index (χ0n) is 6.44. The van der Waals surface area contributed by atoms with Crippen LogP contribution in [0.25, 0.3) is 0 Å². The molecule has 0 aromatic heterocycles. The van der Waals surface area contributed by atoms with Gasteiger partial charge < -0.3 is 5.32 Å². The molecule has 0 aliphatic carbocycles. The minimum atomic E-state index is -0.0308. The maximum absolute atomic E-state index is 10.8. The molecule has 57 valence electrons. The fraction of sp³-hybridized carbons (Fsp3) is 0.571. The van der Waals surface area contributed by atoms with Gasteiger partial charge in [0.2, 0.25) is 5.91 Å². The fourth-order valence-electron chi connectivity index (χ4n) is 0.478. The Balaban J connectivity index is 3.31. The summed E-state index contributed by atoms with van der Waals surface area (Å²) < 4.78 is 0. The van der Waals surface area contributed by atoms with Crippen LogP contribution < -0.4 is 5.32 Å². The summed E-state index contributed by atoms with van der Waals surface area (Å²) in [7, 11) is 1.92. The average Bonchev–Trinajstić information content (AvgIpc) is 1.88. The standard InChI is InChI=1S/C7H14NOSi/c1-6(2)7(9)8-4-3-5-10/h1,3-5,10H2,2H3,(H,8,9). The number of nitrogens with one attached hydrogen (secondary N) is 1. The number of carbonyl (C=O) groups excluding carboxylic acids is 1. The molecule has 0 spiro atoms. The van der Waals surface area contributed by atoms with Gasteiger partial charge in [0.15, 0.2) is 0 Å². The van der Waals surface area contributed by atoms with Crippen molar-refractivity contribution in [2.45, 2.75) is 19.4 Å².